The van der Waals surface area contributed by atoms with Crippen molar-refractivity contribution < 1.29 is 8.42 Å². The van der Waals surface area contributed by atoms with Gasteiger partial charge in [0.2, 0.25) is 10.0 Å². The number of hydrogen-bond donors (Lipinski definition) is 0. The summed E-state index contributed by atoms with van der Waals surface area (Å²) in [6.07, 6.45) is 0. The third-order valence-electron chi connectivity index (χ3n) is 3.24. The van der Waals surface area contributed by atoms with Crippen LogP contribution < -0.4 is 0 Å². The third-order valence-corrected chi connectivity index (χ3v) is 6.52. The zero-order valence-corrected chi connectivity index (χ0v) is 13.8. The smallest absolute Gasteiger partial charge is 0.207 e. The molecule has 0 fully saturated rings. The molecule has 4 nitrogen and oxygen atoms in total. The molecule has 0 spiro atoms. The molecule has 1 atom stereocenters. The SMILES string of the molecule is CC(c1cccs1)N(C)S(=O)(=O)c1ccc(C#N)c(Cl)c1. The van der Waals surface area contributed by atoms with Crippen molar-refractivity contribution in [2.24, 2.45) is 0 Å². The normalized spacial score (nSPS) is 13.1. The van der Waals surface area contributed by atoms with Gasteiger partial charge in [0, 0.05) is 11.9 Å². The minimum absolute atomic E-state index is 0.0809. The van der Waals surface area contributed by atoms with Gasteiger partial charge in [0.1, 0.15) is 6.07 Å². The highest BCUT2D eigenvalue weighted by Crippen LogP contribution is 2.29. The molecule has 1 heterocycles. The van der Waals surface area contributed by atoms with Crippen molar-refractivity contribution in [3.63, 3.8) is 0 Å². The van der Waals surface area contributed by atoms with Crippen LogP contribution in [0.25, 0.3) is 0 Å². The molecule has 1 aromatic carbocycles. The summed E-state index contributed by atoms with van der Waals surface area (Å²) in [5.74, 6) is 0. The van der Waals surface area contributed by atoms with Crippen LogP contribution in [0, 0.1) is 11.3 Å². The summed E-state index contributed by atoms with van der Waals surface area (Å²) in [5.41, 5.74) is 0.254. The summed E-state index contributed by atoms with van der Waals surface area (Å²) in [6, 6.07) is 9.54. The Bertz CT molecular complexity index is 780. The number of sulfonamides is 1. The fraction of sp³-hybridized carbons (Fsp3) is 0.214. The number of nitriles is 1. The van der Waals surface area contributed by atoms with E-state index in [1.165, 1.54) is 40.9 Å². The molecule has 1 aromatic heterocycles. The van der Waals surface area contributed by atoms with E-state index in [0.717, 1.165) is 4.88 Å². The lowest BCUT2D eigenvalue weighted by molar-refractivity contribution is 0.403. The van der Waals surface area contributed by atoms with Gasteiger partial charge in [-0.15, -0.1) is 11.3 Å². The van der Waals surface area contributed by atoms with Gasteiger partial charge in [0.05, 0.1) is 21.5 Å². The van der Waals surface area contributed by atoms with Crippen molar-refractivity contribution in [3.8, 4) is 6.07 Å². The second kappa shape index (κ2) is 6.16. The quantitative estimate of drug-likeness (QED) is 0.853. The lowest BCUT2D eigenvalue weighted by atomic mass is 10.2. The van der Waals surface area contributed by atoms with Gasteiger partial charge in [-0.2, -0.15) is 9.57 Å². The van der Waals surface area contributed by atoms with Gasteiger partial charge in [-0.25, -0.2) is 8.42 Å². The maximum absolute atomic E-state index is 12.6. The van der Waals surface area contributed by atoms with Gasteiger partial charge >= 0.3 is 0 Å². The van der Waals surface area contributed by atoms with E-state index in [1.807, 2.05) is 30.5 Å². The maximum Gasteiger partial charge on any atom is 0.243 e. The van der Waals surface area contributed by atoms with Crippen LogP contribution in [0.4, 0.5) is 0 Å². The number of hydrogen-bond acceptors (Lipinski definition) is 4. The monoisotopic (exact) mass is 340 g/mol. The molecule has 2 rings (SSSR count). The molecule has 0 aliphatic carbocycles. The number of halogens is 1. The summed E-state index contributed by atoms with van der Waals surface area (Å²) in [4.78, 5) is 1.04. The summed E-state index contributed by atoms with van der Waals surface area (Å²) >= 11 is 7.42. The zero-order chi connectivity index (χ0) is 15.6. The molecule has 2 aromatic rings. The third kappa shape index (κ3) is 3.11. The molecule has 1 unspecified atom stereocenters. The minimum Gasteiger partial charge on any atom is -0.207 e. The standard InChI is InChI=1S/C14H13ClN2O2S2/c1-10(14-4-3-7-20-14)17(2)21(18,19)12-6-5-11(9-16)13(15)8-12/h3-8,10H,1-2H3. The molecule has 21 heavy (non-hydrogen) atoms. The van der Waals surface area contributed by atoms with Crippen LogP contribution >= 0.6 is 22.9 Å². The molecule has 0 N–H and O–H groups in total. The second-order valence-electron chi connectivity index (χ2n) is 4.47. The largest absolute Gasteiger partial charge is 0.243 e. The highest BCUT2D eigenvalue weighted by atomic mass is 35.5. The summed E-state index contributed by atoms with van der Waals surface area (Å²) in [7, 11) is -2.13. The lowest BCUT2D eigenvalue weighted by Gasteiger charge is -2.23. The molecule has 0 saturated carbocycles. The van der Waals surface area contributed by atoms with E-state index in [-0.39, 0.29) is 21.5 Å². The van der Waals surface area contributed by atoms with Crippen LogP contribution in [0.3, 0.4) is 0 Å². The van der Waals surface area contributed by atoms with Crippen molar-refractivity contribution in [1.82, 2.24) is 4.31 Å². The van der Waals surface area contributed by atoms with Crippen molar-refractivity contribution in [1.29, 1.82) is 5.26 Å². The van der Waals surface area contributed by atoms with Crippen molar-refractivity contribution in [2.75, 3.05) is 7.05 Å². The summed E-state index contributed by atoms with van der Waals surface area (Å²) in [5, 5.41) is 10.9. The van der Waals surface area contributed by atoms with Gasteiger partial charge in [-0.3, -0.25) is 0 Å². The van der Waals surface area contributed by atoms with Crippen LogP contribution in [0.1, 0.15) is 23.4 Å². The lowest BCUT2D eigenvalue weighted by Crippen LogP contribution is -2.29. The Morgan fingerprint density at radius 3 is 2.62 bits per heavy atom. The zero-order valence-electron chi connectivity index (χ0n) is 11.4. The van der Waals surface area contributed by atoms with Crippen LogP contribution in [-0.4, -0.2) is 19.8 Å². The number of benzene rings is 1. The summed E-state index contributed by atoms with van der Waals surface area (Å²) in [6.45, 7) is 1.83. The van der Waals surface area contributed by atoms with Crippen LogP contribution in [0.2, 0.25) is 5.02 Å². The number of thiophene rings is 1. The fourth-order valence-corrected chi connectivity index (χ4v) is 4.38. The van der Waals surface area contributed by atoms with Gasteiger partial charge in [-0.05, 0) is 36.6 Å². The van der Waals surface area contributed by atoms with E-state index < -0.39 is 10.0 Å². The van der Waals surface area contributed by atoms with Crippen molar-refractivity contribution in [2.45, 2.75) is 17.9 Å². The van der Waals surface area contributed by atoms with Gasteiger partial charge in [0.15, 0.2) is 0 Å². The van der Waals surface area contributed by atoms with Crippen LogP contribution in [0.15, 0.2) is 40.6 Å². The van der Waals surface area contributed by atoms with Gasteiger partial charge < -0.3 is 0 Å². The molecule has 110 valence electrons. The first kappa shape index (κ1) is 16.0. The number of nitrogens with zero attached hydrogens (tertiary/aromatic N) is 2. The maximum atomic E-state index is 12.6. The van der Waals surface area contributed by atoms with E-state index in [0.29, 0.717) is 0 Å². The Hall–Kier alpha value is -1.39. The fourth-order valence-electron chi connectivity index (χ4n) is 1.83. The Labute approximate surface area is 133 Å². The molecule has 0 saturated heterocycles. The Morgan fingerprint density at radius 1 is 1.38 bits per heavy atom. The topological polar surface area (TPSA) is 61.2 Å². The molecule has 0 radical (unpaired) electrons. The minimum atomic E-state index is -3.67. The van der Waals surface area contributed by atoms with Gasteiger partial charge in [0.25, 0.3) is 0 Å². The highest BCUT2D eigenvalue weighted by Gasteiger charge is 2.27. The van der Waals surface area contributed by atoms with E-state index >= 15 is 0 Å². The molecule has 7 heteroatoms. The predicted octanol–water partition coefficient (Wildman–Crippen LogP) is 3.65. The number of rotatable bonds is 4. The van der Waals surface area contributed by atoms with E-state index in [1.54, 1.807) is 0 Å². The molecular formula is C14H13ClN2O2S2. The van der Waals surface area contributed by atoms with Crippen molar-refractivity contribution >= 4 is 33.0 Å². The highest BCUT2D eigenvalue weighted by molar-refractivity contribution is 7.89. The molecular weight excluding hydrogens is 328 g/mol. The Morgan fingerprint density at radius 2 is 2.10 bits per heavy atom. The molecule has 0 amide bonds. The average molecular weight is 341 g/mol. The van der Waals surface area contributed by atoms with E-state index in [4.69, 9.17) is 16.9 Å². The van der Waals surface area contributed by atoms with E-state index in [2.05, 4.69) is 0 Å². The molecule has 0 bridgehead atoms. The molecule has 0 aliphatic heterocycles. The van der Waals surface area contributed by atoms with Crippen LogP contribution in [0.5, 0.6) is 0 Å². The Kier molecular flexibility index (Phi) is 4.69. The second-order valence-corrected chi connectivity index (χ2v) is 7.85. The van der Waals surface area contributed by atoms with Gasteiger partial charge in [-0.1, -0.05) is 17.7 Å². The molecule has 0 aliphatic rings. The first-order valence-corrected chi connectivity index (χ1v) is 8.78. The van der Waals surface area contributed by atoms with Crippen molar-refractivity contribution in [3.05, 3.63) is 51.2 Å². The average Bonchev–Trinajstić information content (AvgIpc) is 2.99. The van der Waals surface area contributed by atoms with E-state index in [9.17, 15) is 8.42 Å². The first-order chi connectivity index (χ1) is 9.87. The first-order valence-electron chi connectivity index (χ1n) is 6.09. The summed E-state index contributed by atoms with van der Waals surface area (Å²) < 4.78 is 26.5. The predicted molar refractivity (Wildman–Crippen MR) is 83.8 cm³/mol. The van der Waals surface area contributed by atoms with Crippen LogP contribution in [-0.2, 0) is 10.0 Å². The Balaban J connectivity index is 2.38.